The number of hydrogen-bond acceptors (Lipinski definition) is 2. The molecule has 12 heteroatoms. The molecule has 0 amide bonds. The van der Waals surface area contributed by atoms with E-state index in [0.717, 1.165) is 12.1 Å². The zero-order valence-corrected chi connectivity index (χ0v) is 13.1. The average molecular weight is 410 g/mol. The van der Waals surface area contributed by atoms with Crippen LogP contribution in [-0.2, 0) is 0 Å². The van der Waals surface area contributed by atoms with Crippen molar-refractivity contribution < 1.29 is 49.2 Å². The van der Waals surface area contributed by atoms with Gasteiger partial charge in [-0.3, -0.25) is 0 Å². The third-order valence-corrected chi connectivity index (χ3v) is 3.78. The summed E-state index contributed by atoms with van der Waals surface area (Å²) in [4.78, 5) is 0. The van der Waals surface area contributed by atoms with Crippen LogP contribution >= 0.6 is 0 Å². The molecule has 0 bridgehead atoms. The highest BCUT2D eigenvalue weighted by Gasteiger charge is 2.37. The molecule has 0 atom stereocenters. The Morgan fingerprint density at radius 2 is 1.11 bits per heavy atom. The van der Waals surface area contributed by atoms with E-state index in [1.807, 2.05) is 0 Å². The quantitative estimate of drug-likeness (QED) is 0.308. The van der Waals surface area contributed by atoms with Crippen molar-refractivity contribution >= 4 is 23.4 Å². The number of fused-ring (bicyclic) bond motifs is 1. The number of benzene rings is 3. The Hall–Kier alpha value is -2.89. The van der Waals surface area contributed by atoms with Crippen LogP contribution in [0.5, 0.6) is 5.75 Å². The molecule has 0 radical (unpaired) electrons. The van der Waals surface area contributed by atoms with Crippen molar-refractivity contribution in [3.63, 3.8) is 0 Å². The van der Waals surface area contributed by atoms with E-state index in [1.54, 1.807) is 0 Å². The fourth-order valence-corrected chi connectivity index (χ4v) is 2.51. The van der Waals surface area contributed by atoms with Crippen molar-refractivity contribution in [2.75, 3.05) is 0 Å². The molecule has 3 aromatic rings. The molecule has 1 N–H and O–H groups in total. The smallest absolute Gasteiger partial charge is 0.530 e. The molecule has 28 heavy (non-hydrogen) atoms. The Kier molecular flexibility index (Phi) is 4.92. The van der Waals surface area contributed by atoms with Crippen molar-refractivity contribution in [1.82, 2.24) is 0 Å². The first-order valence-corrected chi connectivity index (χ1v) is 7.18. The summed E-state index contributed by atoms with van der Waals surface area (Å²) in [5.74, 6) is -21.3. The summed E-state index contributed by atoms with van der Waals surface area (Å²) < 4.78 is 128. The predicted octanol–water partition coefficient (Wildman–Crippen LogP) is 3.86. The second kappa shape index (κ2) is 6.93. The van der Waals surface area contributed by atoms with Crippen LogP contribution in [0.1, 0.15) is 0 Å². The Morgan fingerprint density at radius 1 is 0.607 bits per heavy atom. The number of hydrogen-bond donors (Lipinski definition) is 1. The highest BCUT2D eigenvalue weighted by molar-refractivity contribution is 6.64. The van der Waals surface area contributed by atoms with Gasteiger partial charge in [0.15, 0.2) is 52.4 Å². The predicted molar refractivity (Wildman–Crippen MR) is 78.2 cm³/mol. The lowest BCUT2D eigenvalue weighted by molar-refractivity contribution is 0.393. The number of halogens is 9. The third-order valence-electron chi connectivity index (χ3n) is 3.78. The lowest BCUT2D eigenvalue weighted by Gasteiger charge is -2.16. The van der Waals surface area contributed by atoms with Gasteiger partial charge in [0.25, 0.3) is 0 Å². The van der Waals surface area contributed by atoms with E-state index < -0.39 is 81.5 Å². The topological polar surface area (TPSA) is 29.5 Å². The van der Waals surface area contributed by atoms with Crippen molar-refractivity contribution in [2.24, 2.45) is 0 Å². The summed E-state index contributed by atoms with van der Waals surface area (Å²) in [5.41, 5.74) is -1.70. The van der Waals surface area contributed by atoms with Gasteiger partial charge in [0.1, 0.15) is 5.75 Å². The first kappa shape index (κ1) is 19.9. The van der Waals surface area contributed by atoms with E-state index >= 15 is 0 Å². The summed E-state index contributed by atoms with van der Waals surface area (Å²) in [5, 5.41) is 6.33. The SMILES string of the molecule is OB(Oc1cccc(F)c1F)c1c(F)c(F)c(F)c2c(F)c(F)c(F)c(F)c12. The molecule has 0 aromatic heterocycles. The molecule has 0 aliphatic rings. The monoisotopic (exact) mass is 410 g/mol. The molecule has 0 aliphatic carbocycles. The average Bonchev–Trinajstić information content (AvgIpc) is 2.66. The maximum Gasteiger partial charge on any atom is 0.564 e. The minimum absolute atomic E-state index is 0.634. The largest absolute Gasteiger partial charge is 0.564 e. The van der Waals surface area contributed by atoms with Crippen LogP contribution in [0.15, 0.2) is 18.2 Å². The maximum atomic E-state index is 14.1. The Balaban J connectivity index is 2.32. The Bertz CT molecular complexity index is 1110. The molecule has 146 valence electrons. The van der Waals surface area contributed by atoms with E-state index in [2.05, 4.69) is 4.65 Å². The second-order valence-electron chi connectivity index (χ2n) is 5.38. The minimum Gasteiger partial charge on any atom is -0.530 e. The zero-order chi connectivity index (χ0) is 20.9. The highest BCUT2D eigenvalue weighted by Crippen LogP contribution is 2.31. The molecule has 0 heterocycles. The molecular weight excluding hydrogens is 406 g/mol. The van der Waals surface area contributed by atoms with E-state index in [1.165, 1.54) is 0 Å². The normalized spacial score (nSPS) is 11.2. The van der Waals surface area contributed by atoms with Crippen molar-refractivity contribution in [1.29, 1.82) is 0 Å². The molecule has 0 fully saturated rings. The summed E-state index contributed by atoms with van der Waals surface area (Å²) >= 11 is 0. The van der Waals surface area contributed by atoms with Gasteiger partial charge in [-0.05, 0) is 12.1 Å². The fourth-order valence-electron chi connectivity index (χ4n) is 2.51. The zero-order valence-electron chi connectivity index (χ0n) is 13.1. The van der Waals surface area contributed by atoms with Crippen LogP contribution in [0.3, 0.4) is 0 Å². The van der Waals surface area contributed by atoms with Crippen LogP contribution in [0, 0.1) is 52.4 Å². The molecule has 0 aliphatic heterocycles. The summed E-state index contributed by atoms with van der Waals surface area (Å²) in [6.07, 6.45) is 0. The summed E-state index contributed by atoms with van der Waals surface area (Å²) in [7, 11) is -2.90. The molecule has 0 saturated carbocycles. The summed E-state index contributed by atoms with van der Waals surface area (Å²) in [6.45, 7) is 0. The molecule has 0 unspecified atom stereocenters. The van der Waals surface area contributed by atoms with Gasteiger partial charge >= 0.3 is 7.12 Å². The van der Waals surface area contributed by atoms with Crippen LogP contribution < -0.4 is 10.1 Å². The fraction of sp³-hybridized carbons (Fsp3) is 0. The molecule has 2 nitrogen and oxygen atoms in total. The lowest BCUT2D eigenvalue weighted by Crippen LogP contribution is -2.41. The van der Waals surface area contributed by atoms with E-state index in [4.69, 9.17) is 0 Å². The Morgan fingerprint density at radius 3 is 1.68 bits per heavy atom. The van der Waals surface area contributed by atoms with Crippen molar-refractivity contribution in [2.45, 2.75) is 0 Å². The molecule has 3 rings (SSSR count). The molecule has 0 spiro atoms. The van der Waals surface area contributed by atoms with E-state index in [0.29, 0.717) is 6.07 Å². The van der Waals surface area contributed by atoms with Gasteiger partial charge in [-0.2, -0.15) is 4.39 Å². The van der Waals surface area contributed by atoms with Crippen LogP contribution in [-0.4, -0.2) is 12.1 Å². The van der Waals surface area contributed by atoms with Crippen molar-refractivity contribution in [3.05, 3.63) is 70.6 Å². The highest BCUT2D eigenvalue weighted by atomic mass is 19.2. The van der Waals surface area contributed by atoms with Gasteiger partial charge in [-0.25, -0.2) is 35.1 Å². The first-order valence-electron chi connectivity index (χ1n) is 7.18. The lowest BCUT2D eigenvalue weighted by atomic mass is 9.75. The van der Waals surface area contributed by atoms with Gasteiger partial charge in [0.2, 0.25) is 0 Å². The van der Waals surface area contributed by atoms with Crippen LogP contribution in [0.4, 0.5) is 39.5 Å². The number of rotatable bonds is 3. The molecule has 3 aromatic carbocycles. The standard InChI is InChI=1S/C16H4BF9O2/c18-4-2-1-3-5(9(4)19)28-17(27)8-6-7(11(21)14(24)13(8)23)12(22)16(26)15(25)10(6)20/h1-3,27H. The van der Waals surface area contributed by atoms with Gasteiger partial charge < -0.3 is 9.68 Å². The molecular formula is C16H4BF9O2. The maximum absolute atomic E-state index is 14.1. The van der Waals surface area contributed by atoms with Crippen molar-refractivity contribution in [3.8, 4) is 5.75 Å². The van der Waals surface area contributed by atoms with Gasteiger partial charge in [0, 0.05) is 10.8 Å². The second-order valence-corrected chi connectivity index (χ2v) is 5.38. The van der Waals surface area contributed by atoms with Crippen LogP contribution in [0.25, 0.3) is 10.8 Å². The van der Waals surface area contributed by atoms with Gasteiger partial charge in [-0.15, -0.1) is 0 Å². The van der Waals surface area contributed by atoms with Gasteiger partial charge in [0.05, 0.1) is 5.39 Å². The molecule has 0 saturated heterocycles. The minimum atomic E-state index is -2.90. The Labute approximate surface area is 149 Å². The first-order chi connectivity index (χ1) is 13.1. The van der Waals surface area contributed by atoms with E-state index in [9.17, 15) is 44.5 Å². The summed E-state index contributed by atoms with van der Waals surface area (Å²) in [6, 6.07) is 2.24. The van der Waals surface area contributed by atoms with Crippen LogP contribution in [0.2, 0.25) is 0 Å². The van der Waals surface area contributed by atoms with Gasteiger partial charge in [-0.1, -0.05) is 6.07 Å². The van der Waals surface area contributed by atoms with E-state index in [-0.39, 0.29) is 0 Å². The third kappa shape index (κ3) is 2.84.